The molecule has 0 aliphatic rings. The van der Waals surface area contributed by atoms with E-state index in [1.165, 1.54) is 5.38 Å². The van der Waals surface area contributed by atoms with Crippen LogP contribution in [0.4, 0.5) is 0 Å². The third-order valence-electron chi connectivity index (χ3n) is 2.89. The fourth-order valence-electron chi connectivity index (χ4n) is 1.95. The predicted molar refractivity (Wildman–Crippen MR) is 78.1 cm³/mol. The maximum Gasteiger partial charge on any atom is 0.371 e. The number of hydrogen-bond donors (Lipinski definition) is 1. The number of carbonyl (C=O) groups excluding carboxylic acids is 2. The average molecular weight is 296 g/mol. The maximum absolute atomic E-state index is 12.5. The number of para-hydroxylation sites is 1. The number of fused-ring (bicyclic) bond motifs is 1. The van der Waals surface area contributed by atoms with Gasteiger partial charge in [-0.2, -0.15) is 0 Å². The lowest BCUT2D eigenvalue weighted by Crippen LogP contribution is -2.04. The Morgan fingerprint density at radius 2 is 2.14 bits per heavy atom. The number of terminal acetylenes is 1. The minimum absolute atomic E-state index is 0.0288. The number of aromatic nitrogens is 2. The first kappa shape index (κ1) is 13.1. The summed E-state index contributed by atoms with van der Waals surface area (Å²) in [6, 6.07) is 7.46. The molecule has 2 aromatic heterocycles. The molecule has 0 saturated heterocycles. The molecule has 2 heterocycles. The van der Waals surface area contributed by atoms with Gasteiger partial charge in [-0.05, 0) is 6.07 Å². The van der Waals surface area contributed by atoms with Crippen LogP contribution in [0.15, 0.2) is 35.8 Å². The highest BCUT2D eigenvalue weighted by Crippen LogP contribution is 2.22. The zero-order chi connectivity index (χ0) is 14.8. The van der Waals surface area contributed by atoms with Gasteiger partial charge in [0.05, 0.1) is 5.56 Å². The van der Waals surface area contributed by atoms with Crippen LogP contribution in [-0.2, 0) is 4.74 Å². The summed E-state index contributed by atoms with van der Waals surface area (Å²) in [5.74, 6) is -0.996. The van der Waals surface area contributed by atoms with Crippen LogP contribution in [0.3, 0.4) is 0 Å². The number of carbonyl (C=O) groups is 2. The lowest BCUT2D eigenvalue weighted by atomic mass is 10.1. The number of nitrogens with zero attached hydrogens (tertiary/aromatic N) is 1. The van der Waals surface area contributed by atoms with E-state index in [-0.39, 0.29) is 16.5 Å². The number of ether oxygens (including phenoxy) is 1. The van der Waals surface area contributed by atoms with Crippen molar-refractivity contribution < 1.29 is 14.3 Å². The average Bonchev–Trinajstić information content (AvgIpc) is 3.14. The monoisotopic (exact) mass is 296 g/mol. The molecule has 1 aromatic carbocycles. The smallest absolute Gasteiger partial charge is 0.368 e. The Hall–Kier alpha value is -2.91. The van der Waals surface area contributed by atoms with E-state index in [9.17, 15) is 9.59 Å². The zero-order valence-corrected chi connectivity index (χ0v) is 11.4. The largest absolute Gasteiger partial charge is 0.371 e. The molecule has 0 fully saturated rings. The van der Waals surface area contributed by atoms with Gasteiger partial charge in [0.1, 0.15) is 6.11 Å². The van der Waals surface area contributed by atoms with Crippen LogP contribution in [0.25, 0.3) is 10.9 Å². The van der Waals surface area contributed by atoms with E-state index >= 15 is 0 Å². The molecular weight excluding hydrogens is 288 g/mol. The van der Waals surface area contributed by atoms with Gasteiger partial charge in [0, 0.05) is 22.5 Å². The molecule has 3 rings (SSSR count). The first-order valence-corrected chi connectivity index (χ1v) is 6.82. The van der Waals surface area contributed by atoms with Gasteiger partial charge < -0.3 is 9.72 Å². The highest BCUT2D eigenvalue weighted by Gasteiger charge is 2.20. The maximum atomic E-state index is 12.5. The van der Waals surface area contributed by atoms with E-state index in [4.69, 9.17) is 6.42 Å². The molecule has 0 bridgehead atoms. The number of hydrogen-bond acceptors (Lipinski definition) is 5. The van der Waals surface area contributed by atoms with Gasteiger partial charge in [0.15, 0.2) is 10.7 Å². The molecule has 0 saturated carbocycles. The summed E-state index contributed by atoms with van der Waals surface area (Å²) < 4.78 is 4.40. The zero-order valence-electron chi connectivity index (χ0n) is 10.6. The summed E-state index contributed by atoms with van der Waals surface area (Å²) in [6.07, 6.45) is 8.30. The molecule has 0 radical (unpaired) electrons. The number of benzene rings is 1. The number of nitrogens with one attached hydrogen (secondary N) is 1. The molecule has 3 aromatic rings. The molecule has 21 heavy (non-hydrogen) atoms. The summed E-state index contributed by atoms with van der Waals surface area (Å²) in [6.45, 7) is 0. The van der Waals surface area contributed by atoms with Crippen LogP contribution in [0, 0.1) is 12.5 Å². The van der Waals surface area contributed by atoms with Gasteiger partial charge in [-0.3, -0.25) is 4.79 Å². The molecule has 1 N–H and O–H groups in total. The van der Waals surface area contributed by atoms with Gasteiger partial charge in [-0.25, -0.2) is 9.78 Å². The molecule has 6 heteroatoms. The summed E-state index contributed by atoms with van der Waals surface area (Å²) in [4.78, 5) is 30.9. The van der Waals surface area contributed by atoms with Crippen molar-refractivity contribution in [1.82, 2.24) is 9.97 Å². The molecule has 0 amide bonds. The van der Waals surface area contributed by atoms with Gasteiger partial charge in [0.25, 0.3) is 0 Å². The van der Waals surface area contributed by atoms with Crippen molar-refractivity contribution in [3.63, 3.8) is 0 Å². The summed E-state index contributed by atoms with van der Waals surface area (Å²) >= 11 is 1.07. The number of ketones is 1. The van der Waals surface area contributed by atoms with Crippen LogP contribution in [0.5, 0.6) is 0 Å². The van der Waals surface area contributed by atoms with E-state index in [1.54, 1.807) is 12.3 Å². The van der Waals surface area contributed by atoms with Crippen molar-refractivity contribution in [1.29, 1.82) is 0 Å². The number of aromatic amines is 1. The van der Waals surface area contributed by atoms with E-state index < -0.39 is 5.97 Å². The minimum Gasteiger partial charge on any atom is -0.368 e. The first-order valence-electron chi connectivity index (χ1n) is 5.94. The number of H-pyrrole nitrogens is 1. The summed E-state index contributed by atoms with van der Waals surface area (Å²) in [5.41, 5.74) is 1.40. The quantitative estimate of drug-likeness (QED) is 0.458. The molecule has 0 atom stereocenters. The highest BCUT2D eigenvalue weighted by atomic mass is 32.1. The molecular formula is C15H8N2O3S. The third-order valence-corrected chi connectivity index (χ3v) is 3.73. The Labute approximate surface area is 123 Å². The molecule has 0 spiro atoms. The van der Waals surface area contributed by atoms with Gasteiger partial charge in [-0.15, -0.1) is 11.3 Å². The van der Waals surface area contributed by atoms with Crippen molar-refractivity contribution in [2.75, 3.05) is 0 Å². The van der Waals surface area contributed by atoms with Gasteiger partial charge >= 0.3 is 5.97 Å². The fraction of sp³-hybridized carbons (Fsp3) is 0. The van der Waals surface area contributed by atoms with Crippen molar-refractivity contribution in [3.8, 4) is 12.5 Å². The Morgan fingerprint density at radius 1 is 1.33 bits per heavy atom. The highest BCUT2D eigenvalue weighted by molar-refractivity contribution is 7.12. The van der Waals surface area contributed by atoms with E-state index in [1.807, 2.05) is 24.3 Å². The van der Waals surface area contributed by atoms with Crippen LogP contribution < -0.4 is 0 Å². The minimum atomic E-state index is -0.744. The normalized spacial score (nSPS) is 10.2. The first-order chi connectivity index (χ1) is 10.2. The Bertz CT molecular complexity index is 886. The van der Waals surface area contributed by atoms with Crippen molar-refractivity contribution >= 4 is 34.0 Å². The van der Waals surface area contributed by atoms with E-state index in [0.29, 0.717) is 5.56 Å². The third kappa shape index (κ3) is 2.30. The van der Waals surface area contributed by atoms with E-state index in [0.717, 1.165) is 22.2 Å². The lowest BCUT2D eigenvalue weighted by Gasteiger charge is -1.95. The van der Waals surface area contributed by atoms with Crippen LogP contribution in [0.2, 0.25) is 0 Å². The lowest BCUT2D eigenvalue weighted by molar-refractivity contribution is 0.0685. The number of rotatable bonds is 3. The van der Waals surface area contributed by atoms with E-state index in [2.05, 4.69) is 14.7 Å². The molecule has 0 unspecified atom stereocenters. The van der Waals surface area contributed by atoms with Crippen molar-refractivity contribution in [2.24, 2.45) is 0 Å². The van der Waals surface area contributed by atoms with Gasteiger partial charge in [-0.1, -0.05) is 24.6 Å². The Morgan fingerprint density at radius 3 is 2.95 bits per heavy atom. The van der Waals surface area contributed by atoms with Gasteiger partial charge in [0.2, 0.25) is 5.78 Å². The second-order valence-corrected chi connectivity index (χ2v) is 4.98. The molecule has 102 valence electrons. The predicted octanol–water partition coefficient (Wildman–Crippen LogP) is 2.60. The molecule has 0 aliphatic heterocycles. The SMILES string of the molecule is C#COC(=O)c1csc(C(=O)c2c[nH]c3ccccc23)n1. The Kier molecular flexibility index (Phi) is 3.26. The Balaban J connectivity index is 1.96. The summed E-state index contributed by atoms with van der Waals surface area (Å²) in [5, 5.41) is 2.47. The van der Waals surface area contributed by atoms with Crippen LogP contribution in [-0.4, -0.2) is 21.7 Å². The number of thiazole rings is 1. The second kappa shape index (κ2) is 5.23. The van der Waals surface area contributed by atoms with Crippen molar-refractivity contribution in [2.45, 2.75) is 0 Å². The summed E-state index contributed by atoms with van der Waals surface area (Å²) in [7, 11) is 0. The van der Waals surface area contributed by atoms with Crippen molar-refractivity contribution in [3.05, 3.63) is 52.1 Å². The fourth-order valence-corrected chi connectivity index (χ4v) is 2.69. The van der Waals surface area contributed by atoms with Crippen LogP contribution in [0.1, 0.15) is 25.9 Å². The standard InChI is InChI=1S/C15H8N2O3S/c1-2-20-15(19)12-8-21-14(17-12)13(18)10-7-16-11-6-4-3-5-9(10)11/h1,3-8,16H. The second-order valence-electron chi connectivity index (χ2n) is 4.12. The topological polar surface area (TPSA) is 72.1 Å². The molecule has 0 aliphatic carbocycles. The molecule has 5 nitrogen and oxygen atoms in total. The van der Waals surface area contributed by atoms with Crippen LogP contribution >= 0.6 is 11.3 Å². The number of esters is 1.